The summed E-state index contributed by atoms with van der Waals surface area (Å²) >= 11 is 0.492. The summed E-state index contributed by atoms with van der Waals surface area (Å²) in [5.41, 5.74) is 0.813. The predicted octanol–water partition coefficient (Wildman–Crippen LogP) is 3.71. The second-order valence-corrected chi connectivity index (χ2v) is 7.29. The molecule has 0 atom stereocenters. The smallest absolute Gasteiger partial charge is 0.297 e. The van der Waals surface area contributed by atoms with Crippen LogP contribution < -0.4 is 19.1 Å². The first kappa shape index (κ1) is 19.9. The molecule has 1 N–H and O–H groups in total. The Bertz CT molecular complexity index is 757. The van der Waals surface area contributed by atoms with Gasteiger partial charge in [-0.1, -0.05) is 0 Å². The number of halogens is 2. The summed E-state index contributed by atoms with van der Waals surface area (Å²) in [6.07, 6.45) is 4.50. The molecule has 0 bridgehead atoms. The number of anilines is 1. The number of hydrogen-bond donors (Lipinski definition) is 1. The zero-order chi connectivity index (χ0) is 19.2. The van der Waals surface area contributed by atoms with Crippen LogP contribution >= 0.6 is 11.9 Å². The maximum Gasteiger partial charge on any atom is 0.297 e. The molecule has 1 aromatic heterocycles. The molecule has 0 unspecified atom stereocenters. The number of piperidine rings is 1. The number of fused-ring (bicyclic) bond motifs is 1. The van der Waals surface area contributed by atoms with Crippen LogP contribution in [0.25, 0.3) is 10.9 Å². The summed E-state index contributed by atoms with van der Waals surface area (Å²) in [5.74, 6) is 0.357. The van der Waals surface area contributed by atoms with Crippen molar-refractivity contribution >= 4 is 28.7 Å². The van der Waals surface area contributed by atoms with Gasteiger partial charge in [-0.2, -0.15) is 8.78 Å². The molecule has 2 heterocycles. The van der Waals surface area contributed by atoms with Crippen molar-refractivity contribution in [1.82, 2.24) is 14.7 Å². The van der Waals surface area contributed by atoms with Crippen LogP contribution in [-0.2, 0) is 0 Å². The number of nitrogens with one attached hydrogen (secondary N) is 1. The first-order valence-electron chi connectivity index (χ1n) is 8.90. The third kappa shape index (κ3) is 4.90. The van der Waals surface area contributed by atoms with E-state index in [-0.39, 0.29) is 0 Å². The Hall–Kier alpha value is -1.87. The van der Waals surface area contributed by atoms with Gasteiger partial charge in [0.2, 0.25) is 0 Å². The van der Waals surface area contributed by atoms with Crippen LogP contribution in [0.5, 0.6) is 11.5 Å². The van der Waals surface area contributed by atoms with E-state index in [1.54, 1.807) is 20.5 Å². The van der Waals surface area contributed by atoms with Gasteiger partial charge in [-0.25, -0.2) is 9.97 Å². The van der Waals surface area contributed by atoms with E-state index in [1.807, 2.05) is 12.1 Å². The van der Waals surface area contributed by atoms with E-state index in [2.05, 4.69) is 19.6 Å². The van der Waals surface area contributed by atoms with Crippen molar-refractivity contribution < 1.29 is 18.3 Å². The highest BCUT2D eigenvalue weighted by atomic mass is 32.2. The van der Waals surface area contributed by atoms with Crippen molar-refractivity contribution in [3.8, 4) is 11.5 Å². The van der Waals surface area contributed by atoms with Crippen LogP contribution in [-0.4, -0.2) is 49.6 Å². The van der Waals surface area contributed by atoms with Crippen molar-refractivity contribution in [2.45, 2.75) is 25.0 Å². The van der Waals surface area contributed by atoms with Gasteiger partial charge in [-0.05, 0) is 43.2 Å². The number of alkyl halides is 2. The van der Waals surface area contributed by atoms with Crippen molar-refractivity contribution in [2.24, 2.45) is 5.92 Å². The number of benzene rings is 1. The van der Waals surface area contributed by atoms with Crippen molar-refractivity contribution in [3.05, 3.63) is 18.5 Å². The molecule has 27 heavy (non-hydrogen) atoms. The average molecular weight is 398 g/mol. The first-order valence-corrected chi connectivity index (χ1v) is 9.78. The van der Waals surface area contributed by atoms with Gasteiger partial charge in [0.15, 0.2) is 11.5 Å². The van der Waals surface area contributed by atoms with Crippen LogP contribution in [0.4, 0.5) is 14.6 Å². The topological polar surface area (TPSA) is 59.5 Å². The molecule has 1 fully saturated rings. The summed E-state index contributed by atoms with van der Waals surface area (Å²) < 4.78 is 37.8. The lowest BCUT2D eigenvalue weighted by atomic mass is 9.93. The summed E-state index contributed by atoms with van der Waals surface area (Å²) in [4.78, 5) is 11.1. The van der Waals surface area contributed by atoms with E-state index >= 15 is 0 Å². The molecular formula is C18H24F2N4O2S. The maximum atomic E-state index is 12.1. The number of hydrogen-bond acceptors (Lipinski definition) is 7. The number of ether oxygens (including phenoxy) is 2. The second-order valence-electron chi connectivity index (χ2n) is 6.41. The Balaban J connectivity index is 1.66. The van der Waals surface area contributed by atoms with E-state index in [4.69, 9.17) is 9.47 Å². The van der Waals surface area contributed by atoms with Gasteiger partial charge in [-0.15, -0.1) is 0 Å². The van der Waals surface area contributed by atoms with Crippen molar-refractivity contribution in [3.63, 3.8) is 0 Å². The number of nitrogens with zero attached hydrogens (tertiary/aromatic N) is 3. The molecule has 2 aromatic rings. The minimum Gasteiger partial charge on any atom is -0.493 e. The monoisotopic (exact) mass is 398 g/mol. The Morgan fingerprint density at radius 2 is 1.89 bits per heavy atom. The molecule has 1 saturated heterocycles. The molecular weight excluding hydrogens is 374 g/mol. The molecule has 148 valence electrons. The molecule has 0 amide bonds. The largest absolute Gasteiger partial charge is 0.493 e. The van der Waals surface area contributed by atoms with E-state index < -0.39 is 5.76 Å². The fourth-order valence-corrected chi connectivity index (χ4v) is 3.80. The summed E-state index contributed by atoms with van der Waals surface area (Å²) in [6, 6.07) is 3.78. The third-order valence-corrected chi connectivity index (χ3v) is 5.41. The highest BCUT2D eigenvalue weighted by Gasteiger charge is 2.22. The average Bonchev–Trinajstić information content (AvgIpc) is 2.70. The Morgan fingerprint density at radius 3 is 2.56 bits per heavy atom. The fourth-order valence-electron chi connectivity index (χ4n) is 3.44. The van der Waals surface area contributed by atoms with E-state index in [1.165, 1.54) is 0 Å². The minimum atomic E-state index is -2.37. The van der Waals surface area contributed by atoms with Gasteiger partial charge in [-0.3, -0.25) is 4.72 Å². The molecule has 1 aromatic carbocycles. The zero-order valence-corrected chi connectivity index (χ0v) is 16.3. The third-order valence-electron chi connectivity index (χ3n) is 4.86. The molecule has 0 aliphatic carbocycles. The highest BCUT2D eigenvalue weighted by molar-refractivity contribution is 7.97. The van der Waals surface area contributed by atoms with E-state index in [0.29, 0.717) is 35.9 Å². The van der Waals surface area contributed by atoms with Gasteiger partial charge in [0, 0.05) is 31.1 Å². The molecule has 0 spiro atoms. The summed E-state index contributed by atoms with van der Waals surface area (Å²) in [7, 11) is 3.21. The van der Waals surface area contributed by atoms with Crippen LogP contribution in [0.15, 0.2) is 18.5 Å². The Kier molecular flexibility index (Phi) is 6.89. The lowest BCUT2D eigenvalue weighted by molar-refractivity contribution is 0.250. The molecule has 1 aliphatic heterocycles. The normalized spacial score (nSPS) is 15.5. The van der Waals surface area contributed by atoms with Gasteiger partial charge >= 0.3 is 0 Å². The lowest BCUT2D eigenvalue weighted by Crippen LogP contribution is -2.35. The molecule has 1 aliphatic rings. The Labute approximate surface area is 161 Å². The zero-order valence-electron chi connectivity index (χ0n) is 15.5. The van der Waals surface area contributed by atoms with Crippen LogP contribution in [0, 0.1) is 5.92 Å². The summed E-state index contributed by atoms with van der Waals surface area (Å²) in [5, 5.41) is 0.934. The first-order chi connectivity index (χ1) is 13.1. The van der Waals surface area contributed by atoms with Gasteiger partial charge in [0.1, 0.15) is 12.1 Å². The quantitative estimate of drug-likeness (QED) is 0.537. The van der Waals surface area contributed by atoms with Crippen LogP contribution in [0.1, 0.15) is 19.3 Å². The summed E-state index contributed by atoms with van der Waals surface area (Å²) in [6.45, 7) is 2.37. The van der Waals surface area contributed by atoms with E-state index in [0.717, 1.165) is 49.1 Å². The molecule has 0 radical (unpaired) electrons. The number of methoxy groups -OCH3 is 2. The molecule has 3 rings (SSSR count). The minimum absolute atomic E-state index is 0.492. The van der Waals surface area contributed by atoms with Crippen LogP contribution in [0.2, 0.25) is 0 Å². The predicted molar refractivity (Wildman–Crippen MR) is 104 cm³/mol. The highest BCUT2D eigenvalue weighted by Crippen LogP contribution is 2.35. The van der Waals surface area contributed by atoms with E-state index in [9.17, 15) is 8.78 Å². The van der Waals surface area contributed by atoms with Crippen LogP contribution in [0.3, 0.4) is 0 Å². The standard InChI is InChI=1S/C18H24F2N4O2S/c1-25-15-9-13-14(10-16(15)26-2)21-11-22-17(13)24-7-4-12(5-8-24)3-6-23-27-18(19)20/h9-12,18,23H,3-8H2,1-2H3. The van der Waals surface area contributed by atoms with Crippen molar-refractivity contribution in [2.75, 3.05) is 38.8 Å². The van der Waals surface area contributed by atoms with Crippen molar-refractivity contribution in [1.29, 1.82) is 0 Å². The molecule has 9 heteroatoms. The van der Waals surface area contributed by atoms with Gasteiger partial charge in [0.05, 0.1) is 19.7 Å². The van der Waals surface area contributed by atoms with Gasteiger partial charge < -0.3 is 14.4 Å². The second kappa shape index (κ2) is 9.36. The number of aromatic nitrogens is 2. The molecule has 0 saturated carbocycles. The molecule has 6 nitrogen and oxygen atoms in total. The van der Waals surface area contributed by atoms with Gasteiger partial charge in [0.25, 0.3) is 5.76 Å². The maximum absolute atomic E-state index is 12.1. The Morgan fingerprint density at radius 1 is 1.19 bits per heavy atom. The SMILES string of the molecule is COc1cc2ncnc(N3CCC(CCNSC(F)F)CC3)c2cc1OC. The fraction of sp³-hybridized carbons (Fsp3) is 0.556. The number of rotatable bonds is 8. The lowest BCUT2D eigenvalue weighted by Gasteiger charge is -2.33.